The van der Waals surface area contributed by atoms with Crippen LogP contribution in [0, 0.1) is 0 Å². The lowest BCUT2D eigenvalue weighted by molar-refractivity contribution is 0.0697. The second-order valence-corrected chi connectivity index (χ2v) is 4.75. The van der Waals surface area contributed by atoms with E-state index < -0.39 is 11.9 Å². The second-order valence-electron chi connectivity index (χ2n) is 4.75. The van der Waals surface area contributed by atoms with Gasteiger partial charge in [-0.25, -0.2) is 9.78 Å². The number of rotatable bonds is 7. The van der Waals surface area contributed by atoms with Crippen LogP contribution >= 0.6 is 0 Å². The maximum Gasteiger partial charge on any atom is 0.341 e. The molecule has 1 heterocycles. The molecule has 5 N–H and O–H groups in total. The van der Waals surface area contributed by atoms with Gasteiger partial charge in [0.15, 0.2) is 0 Å². The van der Waals surface area contributed by atoms with Gasteiger partial charge in [0.05, 0.1) is 0 Å². The van der Waals surface area contributed by atoms with Gasteiger partial charge >= 0.3 is 5.97 Å². The molecule has 1 aromatic heterocycles. The number of benzene rings is 1. The Morgan fingerprint density at radius 3 is 2.52 bits per heavy atom. The van der Waals surface area contributed by atoms with E-state index >= 15 is 0 Å². The minimum Gasteiger partial charge on any atom is -0.477 e. The van der Waals surface area contributed by atoms with Crippen molar-refractivity contribution in [3.8, 4) is 0 Å². The number of primary amides is 1. The highest BCUT2D eigenvalue weighted by molar-refractivity contribution is 5.93. The fourth-order valence-corrected chi connectivity index (χ4v) is 1.82. The number of aromatic nitrogens is 2. The quantitative estimate of drug-likeness (QED) is 0.613. The first-order valence-electron chi connectivity index (χ1n) is 7.02. The van der Waals surface area contributed by atoms with Crippen LogP contribution in [0.1, 0.15) is 34.1 Å². The monoisotopic (exact) mass is 315 g/mol. The smallest absolute Gasteiger partial charge is 0.341 e. The molecule has 1 amide bonds. The zero-order chi connectivity index (χ0) is 16.8. The Morgan fingerprint density at radius 1 is 1.26 bits per heavy atom. The summed E-state index contributed by atoms with van der Waals surface area (Å²) in [6.45, 7) is 2.57. The summed E-state index contributed by atoms with van der Waals surface area (Å²) >= 11 is 0. The Kier molecular flexibility index (Phi) is 5.08. The molecule has 0 fully saturated rings. The van der Waals surface area contributed by atoms with Crippen LogP contribution in [0.4, 0.5) is 17.5 Å². The molecule has 2 aromatic rings. The molecule has 0 saturated heterocycles. The van der Waals surface area contributed by atoms with Crippen LogP contribution in [0.15, 0.2) is 30.5 Å². The number of hydrogen-bond acceptors (Lipinski definition) is 6. The summed E-state index contributed by atoms with van der Waals surface area (Å²) in [6, 6.07) is 6.47. The average molecular weight is 315 g/mol. The number of anilines is 3. The van der Waals surface area contributed by atoms with E-state index in [4.69, 9.17) is 10.8 Å². The first-order valence-corrected chi connectivity index (χ1v) is 7.02. The minimum atomic E-state index is -1.10. The van der Waals surface area contributed by atoms with Crippen LogP contribution in [0.2, 0.25) is 0 Å². The Labute approximate surface area is 132 Å². The molecule has 0 aliphatic carbocycles. The van der Waals surface area contributed by atoms with Gasteiger partial charge in [-0.1, -0.05) is 6.92 Å². The largest absolute Gasteiger partial charge is 0.477 e. The molecule has 0 unspecified atom stereocenters. The average Bonchev–Trinajstić information content (AvgIpc) is 2.53. The molecular formula is C15H17N5O3. The summed E-state index contributed by atoms with van der Waals surface area (Å²) in [5.74, 6) is -1.10. The van der Waals surface area contributed by atoms with Gasteiger partial charge in [-0.15, -0.1) is 0 Å². The normalized spacial score (nSPS) is 10.1. The Balaban J connectivity index is 2.22. The molecule has 0 bridgehead atoms. The number of amides is 1. The molecule has 0 atom stereocenters. The van der Waals surface area contributed by atoms with E-state index in [1.165, 1.54) is 6.20 Å². The van der Waals surface area contributed by atoms with Gasteiger partial charge in [0.1, 0.15) is 11.4 Å². The maximum atomic E-state index is 11.2. The van der Waals surface area contributed by atoms with E-state index in [1.807, 2.05) is 6.92 Å². The highest BCUT2D eigenvalue weighted by Gasteiger charge is 2.13. The van der Waals surface area contributed by atoms with Crippen molar-refractivity contribution in [3.63, 3.8) is 0 Å². The number of nitrogens with zero attached hydrogens (tertiary/aromatic N) is 2. The van der Waals surface area contributed by atoms with Crippen LogP contribution in [0.25, 0.3) is 0 Å². The fourth-order valence-electron chi connectivity index (χ4n) is 1.82. The van der Waals surface area contributed by atoms with Crippen molar-refractivity contribution in [2.24, 2.45) is 5.73 Å². The predicted octanol–water partition coefficient (Wildman–Crippen LogP) is 1.84. The zero-order valence-corrected chi connectivity index (χ0v) is 12.5. The molecule has 8 nitrogen and oxygen atoms in total. The summed E-state index contributed by atoms with van der Waals surface area (Å²) in [4.78, 5) is 30.4. The van der Waals surface area contributed by atoms with Gasteiger partial charge in [-0.3, -0.25) is 4.79 Å². The first kappa shape index (κ1) is 16.2. The number of carbonyl (C=O) groups excluding carboxylic acids is 1. The third kappa shape index (κ3) is 4.16. The SMILES string of the molecule is CCCNc1nc(Nc2ccc(C(N)=O)cc2)ncc1C(=O)O. The number of nitrogens with one attached hydrogen (secondary N) is 2. The summed E-state index contributed by atoms with van der Waals surface area (Å²) in [5.41, 5.74) is 6.23. The van der Waals surface area contributed by atoms with Crippen molar-refractivity contribution in [1.82, 2.24) is 9.97 Å². The third-order valence-corrected chi connectivity index (χ3v) is 2.99. The van der Waals surface area contributed by atoms with E-state index in [-0.39, 0.29) is 17.3 Å². The van der Waals surface area contributed by atoms with Gasteiger partial charge in [-0.05, 0) is 30.7 Å². The predicted molar refractivity (Wildman–Crippen MR) is 86.0 cm³/mol. The van der Waals surface area contributed by atoms with E-state index in [0.29, 0.717) is 17.8 Å². The van der Waals surface area contributed by atoms with Crippen molar-refractivity contribution in [2.45, 2.75) is 13.3 Å². The highest BCUT2D eigenvalue weighted by Crippen LogP contribution is 2.18. The summed E-state index contributed by atoms with van der Waals surface area (Å²) in [7, 11) is 0. The van der Waals surface area contributed by atoms with Gasteiger partial charge in [0.25, 0.3) is 0 Å². The van der Waals surface area contributed by atoms with Crippen molar-refractivity contribution in [1.29, 1.82) is 0 Å². The summed E-state index contributed by atoms with van der Waals surface area (Å²) in [6.07, 6.45) is 2.08. The molecule has 0 radical (unpaired) electrons. The summed E-state index contributed by atoms with van der Waals surface area (Å²) < 4.78 is 0. The van der Waals surface area contributed by atoms with Crippen LogP contribution in [-0.4, -0.2) is 33.5 Å². The van der Waals surface area contributed by atoms with Gasteiger partial charge in [-0.2, -0.15) is 4.98 Å². The van der Waals surface area contributed by atoms with Crippen LogP contribution < -0.4 is 16.4 Å². The fraction of sp³-hybridized carbons (Fsp3) is 0.200. The zero-order valence-electron chi connectivity index (χ0n) is 12.5. The molecule has 8 heteroatoms. The number of carbonyl (C=O) groups is 2. The number of carboxylic acids is 1. The van der Waals surface area contributed by atoms with Crippen molar-refractivity contribution < 1.29 is 14.7 Å². The van der Waals surface area contributed by atoms with E-state index in [0.717, 1.165) is 6.42 Å². The molecule has 0 aliphatic heterocycles. The molecule has 120 valence electrons. The summed E-state index contributed by atoms with van der Waals surface area (Å²) in [5, 5.41) is 15.1. The van der Waals surface area contributed by atoms with Crippen molar-refractivity contribution >= 4 is 29.3 Å². The Morgan fingerprint density at radius 2 is 1.96 bits per heavy atom. The lowest BCUT2D eigenvalue weighted by Crippen LogP contribution is -2.12. The van der Waals surface area contributed by atoms with Crippen LogP contribution in [-0.2, 0) is 0 Å². The molecule has 0 saturated carbocycles. The molecule has 23 heavy (non-hydrogen) atoms. The van der Waals surface area contributed by atoms with E-state index in [9.17, 15) is 9.59 Å². The Bertz CT molecular complexity index is 716. The lowest BCUT2D eigenvalue weighted by atomic mass is 10.2. The Hall–Kier alpha value is -3.16. The van der Waals surface area contributed by atoms with Gasteiger partial charge < -0.3 is 21.5 Å². The second kappa shape index (κ2) is 7.21. The molecular weight excluding hydrogens is 298 g/mol. The van der Waals surface area contributed by atoms with Crippen LogP contribution in [0.5, 0.6) is 0 Å². The molecule has 2 rings (SSSR count). The molecule has 0 spiro atoms. The molecule has 0 aliphatic rings. The minimum absolute atomic E-state index is 0.00748. The van der Waals surface area contributed by atoms with Gasteiger partial charge in [0, 0.05) is 24.0 Å². The third-order valence-electron chi connectivity index (χ3n) is 2.99. The standard InChI is InChI=1S/C15H17N5O3/c1-2-7-17-13-11(14(22)23)8-18-15(20-13)19-10-5-3-9(4-6-10)12(16)21/h3-6,8H,2,7H2,1H3,(H2,16,21)(H,22,23)(H2,17,18,19,20). The van der Waals surface area contributed by atoms with Crippen molar-refractivity contribution in [3.05, 3.63) is 41.6 Å². The highest BCUT2D eigenvalue weighted by atomic mass is 16.4. The number of nitrogens with two attached hydrogens (primary N) is 1. The van der Waals surface area contributed by atoms with Crippen LogP contribution in [0.3, 0.4) is 0 Å². The molecule has 1 aromatic carbocycles. The number of carboxylic acid groups (broad SMARTS) is 1. The number of hydrogen-bond donors (Lipinski definition) is 4. The van der Waals surface area contributed by atoms with E-state index in [2.05, 4.69) is 20.6 Å². The topological polar surface area (TPSA) is 130 Å². The van der Waals surface area contributed by atoms with Gasteiger partial charge in [0.2, 0.25) is 11.9 Å². The van der Waals surface area contributed by atoms with E-state index in [1.54, 1.807) is 24.3 Å². The van der Waals surface area contributed by atoms with Crippen molar-refractivity contribution in [2.75, 3.05) is 17.2 Å². The maximum absolute atomic E-state index is 11.2. The first-order chi connectivity index (χ1) is 11.0. The number of aromatic carboxylic acids is 1. The lowest BCUT2D eigenvalue weighted by Gasteiger charge is -2.10.